The number of fused-ring (bicyclic) bond motifs is 1. The van der Waals surface area contributed by atoms with Gasteiger partial charge in [-0.05, 0) is 57.6 Å². The molecular weight excluding hydrogens is 498 g/mol. The number of aryl methyl sites for hydroxylation is 2. The number of halogens is 1. The predicted octanol–water partition coefficient (Wildman–Crippen LogP) is 4.46. The Bertz CT molecular complexity index is 1530. The zero-order valence-electron chi connectivity index (χ0n) is 22.8. The highest BCUT2D eigenvalue weighted by Crippen LogP contribution is 2.53. The van der Waals surface area contributed by atoms with Gasteiger partial charge in [-0.1, -0.05) is 11.6 Å². The summed E-state index contributed by atoms with van der Waals surface area (Å²) >= 11 is 7.11. The molecule has 1 saturated carbocycles. The van der Waals surface area contributed by atoms with Crippen LogP contribution >= 0.6 is 11.6 Å². The van der Waals surface area contributed by atoms with Gasteiger partial charge in [-0.2, -0.15) is 15.3 Å². The largest absolute Gasteiger partial charge is 0.365 e. The van der Waals surface area contributed by atoms with Crippen molar-refractivity contribution in [2.75, 3.05) is 42.5 Å². The fourth-order valence-corrected chi connectivity index (χ4v) is 7.26. The summed E-state index contributed by atoms with van der Waals surface area (Å²) in [6, 6.07) is 2.51. The second kappa shape index (κ2) is 8.23. The summed E-state index contributed by atoms with van der Waals surface area (Å²) in [4.78, 5) is 4.93. The maximum Gasteiger partial charge on any atom is 0.159 e. The van der Waals surface area contributed by atoms with Crippen molar-refractivity contribution in [2.24, 2.45) is 12.5 Å². The molecule has 3 aromatic heterocycles. The summed E-state index contributed by atoms with van der Waals surface area (Å²) in [5.74, 6) is 1.03. The van der Waals surface area contributed by atoms with Crippen LogP contribution in [0.5, 0.6) is 0 Å². The van der Waals surface area contributed by atoms with E-state index in [0.717, 1.165) is 76.8 Å². The molecule has 1 aliphatic carbocycles. The van der Waals surface area contributed by atoms with Crippen molar-refractivity contribution >= 4 is 34.0 Å². The smallest absolute Gasteiger partial charge is 0.159 e. The summed E-state index contributed by atoms with van der Waals surface area (Å²) in [5, 5.41) is 22.7. The molecule has 1 spiro atoms. The number of H-pyrrole nitrogens is 1. The molecule has 3 aliphatic rings. The number of rotatable bonds is 4. The third-order valence-electron chi connectivity index (χ3n) is 9.14. The van der Waals surface area contributed by atoms with E-state index in [1.165, 1.54) is 18.5 Å². The van der Waals surface area contributed by atoms with Gasteiger partial charge >= 0.3 is 0 Å². The summed E-state index contributed by atoms with van der Waals surface area (Å²) in [5.41, 5.74) is 6.89. The summed E-state index contributed by atoms with van der Waals surface area (Å²) < 4.78 is 4.18. The van der Waals surface area contributed by atoms with Crippen molar-refractivity contribution in [3.63, 3.8) is 0 Å². The molecule has 0 bridgehead atoms. The number of aromatic amines is 1. The van der Waals surface area contributed by atoms with Crippen molar-refractivity contribution in [2.45, 2.75) is 52.1 Å². The molecule has 0 amide bonds. The monoisotopic (exact) mass is 533 g/mol. The normalized spacial score (nSPS) is 20.8. The Balaban J connectivity index is 1.35. The van der Waals surface area contributed by atoms with Crippen molar-refractivity contribution in [1.29, 1.82) is 0 Å². The number of hydrogen-bond acceptors (Lipinski definition) is 6. The zero-order valence-corrected chi connectivity index (χ0v) is 23.6. The van der Waals surface area contributed by atoms with E-state index < -0.39 is 0 Å². The molecular formula is C28H36ClN9. The number of hydrogen-bond donors (Lipinski definition) is 2. The van der Waals surface area contributed by atoms with E-state index in [2.05, 4.69) is 75.1 Å². The topological polar surface area (TPSA) is 82.8 Å². The maximum atomic E-state index is 7.11. The average Bonchev–Trinajstić information content (AvgIpc) is 3.52. The van der Waals surface area contributed by atoms with Gasteiger partial charge in [-0.25, -0.2) is 0 Å². The Kier molecular flexibility index (Phi) is 5.20. The molecule has 1 aromatic carbocycles. The second-order valence-electron chi connectivity index (χ2n) is 12.4. The summed E-state index contributed by atoms with van der Waals surface area (Å²) in [7, 11) is 1.97. The van der Waals surface area contributed by atoms with E-state index in [0.29, 0.717) is 11.5 Å². The molecule has 0 radical (unpaired) electrons. The van der Waals surface area contributed by atoms with Crippen LogP contribution in [0.1, 0.15) is 44.0 Å². The third kappa shape index (κ3) is 3.51. The van der Waals surface area contributed by atoms with Crippen molar-refractivity contribution < 1.29 is 0 Å². The van der Waals surface area contributed by atoms with Crippen LogP contribution in [-0.4, -0.2) is 68.0 Å². The SMILES string of the molecule is Cc1cc2[nH]ncc2c(-c2c(N3CCN(c4cnn(C)c4)CC3(C)C)nn(C3CC4(CNC4)C3)c2C)c1Cl. The lowest BCUT2D eigenvalue weighted by Crippen LogP contribution is -2.60. The molecule has 200 valence electrons. The van der Waals surface area contributed by atoms with Crippen LogP contribution in [0.3, 0.4) is 0 Å². The van der Waals surface area contributed by atoms with Crippen LogP contribution in [-0.2, 0) is 7.05 Å². The first-order chi connectivity index (χ1) is 18.2. The number of nitrogens with zero attached hydrogens (tertiary/aromatic N) is 7. The molecule has 2 N–H and O–H groups in total. The minimum absolute atomic E-state index is 0.154. The highest BCUT2D eigenvalue weighted by Gasteiger charge is 2.50. The average molecular weight is 534 g/mol. The second-order valence-corrected chi connectivity index (χ2v) is 12.7. The van der Waals surface area contributed by atoms with Crippen LogP contribution in [0.2, 0.25) is 5.02 Å². The lowest BCUT2D eigenvalue weighted by molar-refractivity contribution is 0.00159. The highest BCUT2D eigenvalue weighted by atomic mass is 35.5. The number of nitrogens with one attached hydrogen (secondary N) is 2. The quantitative estimate of drug-likeness (QED) is 0.403. The van der Waals surface area contributed by atoms with Crippen LogP contribution in [0, 0.1) is 19.3 Å². The predicted molar refractivity (Wildman–Crippen MR) is 152 cm³/mol. The Morgan fingerprint density at radius 3 is 2.53 bits per heavy atom. The lowest BCUT2D eigenvalue weighted by atomic mass is 9.61. The Hall–Kier alpha value is -3.04. The van der Waals surface area contributed by atoms with E-state index in [1.54, 1.807) is 0 Å². The van der Waals surface area contributed by atoms with Crippen molar-refractivity contribution in [3.05, 3.63) is 40.9 Å². The number of benzene rings is 1. The van der Waals surface area contributed by atoms with E-state index >= 15 is 0 Å². The Morgan fingerprint density at radius 2 is 1.87 bits per heavy atom. The van der Waals surface area contributed by atoms with Gasteiger partial charge in [0.05, 0.1) is 40.2 Å². The molecule has 7 rings (SSSR count). The van der Waals surface area contributed by atoms with Gasteiger partial charge in [0.25, 0.3) is 0 Å². The summed E-state index contributed by atoms with van der Waals surface area (Å²) in [6.45, 7) is 13.8. The highest BCUT2D eigenvalue weighted by molar-refractivity contribution is 6.36. The molecule has 3 fully saturated rings. The lowest BCUT2D eigenvalue weighted by Gasteiger charge is -2.54. The molecule has 9 nitrogen and oxygen atoms in total. The van der Waals surface area contributed by atoms with Gasteiger partial charge in [0, 0.05) is 68.2 Å². The van der Waals surface area contributed by atoms with E-state index in [1.807, 2.05) is 24.1 Å². The maximum absolute atomic E-state index is 7.11. The van der Waals surface area contributed by atoms with Crippen molar-refractivity contribution in [1.82, 2.24) is 35.1 Å². The van der Waals surface area contributed by atoms with Gasteiger partial charge in [0.2, 0.25) is 0 Å². The Labute approximate surface area is 228 Å². The van der Waals surface area contributed by atoms with Gasteiger partial charge in [-0.3, -0.25) is 14.5 Å². The first-order valence-electron chi connectivity index (χ1n) is 13.6. The molecule has 10 heteroatoms. The number of anilines is 2. The van der Waals surface area contributed by atoms with Crippen LogP contribution in [0.15, 0.2) is 24.7 Å². The number of aromatic nitrogens is 6. The summed E-state index contributed by atoms with van der Waals surface area (Å²) in [6.07, 6.45) is 8.32. The van der Waals surface area contributed by atoms with Crippen LogP contribution in [0.4, 0.5) is 11.5 Å². The molecule has 5 heterocycles. The van der Waals surface area contributed by atoms with E-state index in [9.17, 15) is 0 Å². The fraction of sp³-hybridized carbons (Fsp3) is 0.536. The number of piperazine rings is 1. The van der Waals surface area contributed by atoms with E-state index in [-0.39, 0.29) is 5.54 Å². The molecule has 4 aromatic rings. The fourth-order valence-electron chi connectivity index (χ4n) is 7.01. The zero-order chi connectivity index (χ0) is 26.4. The first-order valence-corrected chi connectivity index (χ1v) is 14.0. The standard InChI is InChI=1S/C28H36ClN9/c1-17-8-22-21(12-31-33-22)24(25(17)29)23-18(2)38(19-9-28(10-19)14-30-15-28)34-26(23)37-7-6-36(16-27(37,3)4)20-11-32-35(5)13-20/h8,11-13,19,30H,6-7,9-10,14-16H2,1-5H3,(H,31,33). The minimum Gasteiger partial charge on any atom is -0.365 e. The third-order valence-corrected chi connectivity index (χ3v) is 9.63. The molecule has 0 unspecified atom stereocenters. The Morgan fingerprint density at radius 1 is 1.08 bits per heavy atom. The van der Waals surface area contributed by atoms with Crippen LogP contribution < -0.4 is 15.1 Å². The van der Waals surface area contributed by atoms with E-state index in [4.69, 9.17) is 16.7 Å². The molecule has 2 saturated heterocycles. The molecule has 0 atom stereocenters. The van der Waals surface area contributed by atoms with Gasteiger partial charge < -0.3 is 15.1 Å². The van der Waals surface area contributed by atoms with Crippen LogP contribution in [0.25, 0.3) is 22.0 Å². The van der Waals surface area contributed by atoms with Gasteiger partial charge in [-0.15, -0.1) is 0 Å². The van der Waals surface area contributed by atoms with Gasteiger partial charge in [0.1, 0.15) is 0 Å². The molecule has 38 heavy (non-hydrogen) atoms. The minimum atomic E-state index is -0.154. The van der Waals surface area contributed by atoms with Gasteiger partial charge in [0.15, 0.2) is 5.82 Å². The molecule has 2 aliphatic heterocycles. The van der Waals surface area contributed by atoms with Crippen molar-refractivity contribution in [3.8, 4) is 11.1 Å². The first kappa shape index (κ1) is 24.0.